The van der Waals surface area contributed by atoms with Crippen LogP contribution in [0.1, 0.15) is 25.1 Å². The van der Waals surface area contributed by atoms with E-state index in [0.717, 1.165) is 17.4 Å². The van der Waals surface area contributed by atoms with E-state index in [9.17, 15) is 14.7 Å². The Morgan fingerprint density at radius 1 is 1.17 bits per heavy atom. The molecule has 10 heteroatoms. The summed E-state index contributed by atoms with van der Waals surface area (Å²) in [6, 6.07) is 15.3. The fourth-order valence-electron chi connectivity index (χ4n) is 3.69. The second-order valence-corrected chi connectivity index (χ2v) is 10.3. The van der Waals surface area contributed by atoms with Crippen molar-refractivity contribution in [1.82, 2.24) is 14.7 Å². The number of para-hydroxylation sites is 1. The van der Waals surface area contributed by atoms with Gasteiger partial charge in [-0.2, -0.15) is 9.78 Å². The van der Waals surface area contributed by atoms with E-state index in [1.807, 2.05) is 37.3 Å². The molecule has 1 aromatic heterocycles. The number of benzene rings is 2. The number of carbonyl (C=O) groups is 2. The third-order valence-electron chi connectivity index (χ3n) is 5.35. The van der Waals surface area contributed by atoms with Crippen molar-refractivity contribution in [2.75, 3.05) is 0 Å². The second kappa shape index (κ2) is 10.2. The van der Waals surface area contributed by atoms with Crippen molar-refractivity contribution >= 4 is 57.9 Å². The monoisotopic (exact) mass is 527 g/mol. The molecule has 0 radical (unpaired) electrons. The van der Waals surface area contributed by atoms with Crippen molar-refractivity contribution in [2.24, 2.45) is 5.92 Å². The highest BCUT2D eigenvalue weighted by atomic mass is 35.5. The highest BCUT2D eigenvalue weighted by Gasteiger charge is 2.42. The largest absolute Gasteiger partial charge is 0.480 e. The summed E-state index contributed by atoms with van der Waals surface area (Å²) in [4.78, 5) is 26.6. The molecule has 1 aliphatic heterocycles. The van der Waals surface area contributed by atoms with E-state index in [0.29, 0.717) is 32.8 Å². The topological polar surface area (TPSA) is 84.7 Å². The first-order chi connectivity index (χ1) is 16.7. The molecule has 2 aromatic carbocycles. The molecule has 0 spiro atoms. The smallest absolute Gasteiger partial charge is 0.327 e. The van der Waals surface area contributed by atoms with Crippen LogP contribution in [0.2, 0.25) is 5.02 Å². The van der Waals surface area contributed by atoms with Gasteiger partial charge in [-0.15, -0.1) is 0 Å². The van der Waals surface area contributed by atoms with Gasteiger partial charge in [0.05, 0.1) is 21.8 Å². The van der Waals surface area contributed by atoms with E-state index in [1.54, 1.807) is 48.9 Å². The summed E-state index contributed by atoms with van der Waals surface area (Å²) in [5, 5.41) is 14.9. The van der Waals surface area contributed by atoms with Gasteiger partial charge >= 0.3 is 5.97 Å². The molecule has 1 fully saturated rings. The Labute approximate surface area is 217 Å². The van der Waals surface area contributed by atoms with E-state index in [4.69, 9.17) is 28.6 Å². The molecule has 1 aliphatic rings. The summed E-state index contributed by atoms with van der Waals surface area (Å²) in [7, 11) is 0. The molecule has 4 rings (SSSR count). The van der Waals surface area contributed by atoms with Crippen molar-refractivity contribution < 1.29 is 19.4 Å². The standard InChI is InChI=1S/C25H22ClN3O4S2/c1-14(2)21(24(31)32)28-22(30)20(35-25(28)34)13-19-15(3)27-29(17-7-5-4-6-8-17)23(19)33-18-11-9-16(26)10-12-18/h4-14,21H,1-3H3,(H,31,32)/b20-13-/t21-/m0/s1. The number of aromatic nitrogens is 2. The summed E-state index contributed by atoms with van der Waals surface area (Å²) in [6.07, 6.45) is 1.66. The summed E-state index contributed by atoms with van der Waals surface area (Å²) in [5.74, 6) is -0.928. The van der Waals surface area contributed by atoms with Crippen LogP contribution in [0.5, 0.6) is 11.6 Å². The molecular weight excluding hydrogens is 506 g/mol. The fraction of sp³-hybridized carbons (Fsp3) is 0.200. The predicted octanol–water partition coefficient (Wildman–Crippen LogP) is 5.94. The molecule has 1 amide bonds. The van der Waals surface area contributed by atoms with Gasteiger partial charge in [0.15, 0.2) is 0 Å². The van der Waals surface area contributed by atoms with Gasteiger partial charge in [0.2, 0.25) is 5.88 Å². The number of carbonyl (C=O) groups excluding carboxylic acids is 1. The third kappa shape index (κ3) is 5.12. The Morgan fingerprint density at radius 3 is 2.43 bits per heavy atom. The van der Waals surface area contributed by atoms with Gasteiger partial charge in [0, 0.05) is 5.02 Å². The molecule has 1 atom stereocenters. The maximum atomic E-state index is 13.3. The number of hydrogen-bond acceptors (Lipinski definition) is 6. The van der Waals surface area contributed by atoms with Gasteiger partial charge in [0.1, 0.15) is 16.1 Å². The number of nitrogens with zero attached hydrogens (tertiary/aromatic N) is 3. The lowest BCUT2D eigenvalue weighted by molar-refractivity contribution is -0.146. The van der Waals surface area contributed by atoms with Crippen molar-refractivity contribution in [3.63, 3.8) is 0 Å². The number of aliphatic carboxylic acids is 1. The van der Waals surface area contributed by atoms with Crippen LogP contribution in [0.15, 0.2) is 59.5 Å². The van der Waals surface area contributed by atoms with Crippen LogP contribution in [0, 0.1) is 12.8 Å². The first kappa shape index (κ1) is 25.0. The number of amides is 1. The number of rotatable bonds is 7. The first-order valence-corrected chi connectivity index (χ1v) is 12.4. The zero-order valence-corrected chi connectivity index (χ0v) is 21.5. The quantitative estimate of drug-likeness (QED) is 0.301. The van der Waals surface area contributed by atoms with Crippen LogP contribution < -0.4 is 4.74 Å². The number of carboxylic acids is 1. The lowest BCUT2D eigenvalue weighted by atomic mass is 10.0. The molecule has 1 N–H and O–H groups in total. The van der Waals surface area contributed by atoms with Crippen LogP contribution in [0.25, 0.3) is 11.8 Å². The van der Waals surface area contributed by atoms with Gasteiger partial charge < -0.3 is 9.84 Å². The normalized spacial score (nSPS) is 15.8. The Kier molecular flexibility index (Phi) is 7.30. The van der Waals surface area contributed by atoms with Crippen LogP contribution in [-0.2, 0) is 9.59 Å². The average Bonchev–Trinajstić information content (AvgIpc) is 3.26. The average molecular weight is 528 g/mol. The minimum Gasteiger partial charge on any atom is -0.480 e. The molecule has 2 heterocycles. The molecule has 3 aromatic rings. The zero-order valence-electron chi connectivity index (χ0n) is 19.1. The van der Waals surface area contributed by atoms with Crippen LogP contribution >= 0.6 is 35.6 Å². The number of carboxylic acid groups (broad SMARTS) is 1. The predicted molar refractivity (Wildman–Crippen MR) is 141 cm³/mol. The van der Waals surface area contributed by atoms with Crippen molar-refractivity contribution in [1.29, 1.82) is 0 Å². The van der Waals surface area contributed by atoms with E-state index in [2.05, 4.69) is 5.10 Å². The molecular formula is C25H22ClN3O4S2. The maximum Gasteiger partial charge on any atom is 0.327 e. The summed E-state index contributed by atoms with van der Waals surface area (Å²) < 4.78 is 8.09. The Hall–Kier alpha value is -3.14. The molecule has 0 aliphatic carbocycles. The molecule has 0 saturated carbocycles. The SMILES string of the molecule is Cc1nn(-c2ccccc2)c(Oc2ccc(Cl)cc2)c1/C=C1\SC(=S)N([C@H](C(=O)O)C(C)C)C1=O. The van der Waals surface area contributed by atoms with Crippen molar-refractivity contribution in [3.8, 4) is 17.3 Å². The summed E-state index contributed by atoms with van der Waals surface area (Å²) in [6.45, 7) is 5.30. The summed E-state index contributed by atoms with van der Waals surface area (Å²) >= 11 is 12.5. The van der Waals surface area contributed by atoms with Gasteiger partial charge in [-0.25, -0.2) is 4.79 Å². The van der Waals surface area contributed by atoms with Crippen molar-refractivity contribution in [2.45, 2.75) is 26.8 Å². The van der Waals surface area contributed by atoms with Crippen LogP contribution in [-0.4, -0.2) is 42.0 Å². The number of hydrogen-bond donors (Lipinski definition) is 1. The summed E-state index contributed by atoms with van der Waals surface area (Å²) in [5.41, 5.74) is 1.99. The lowest BCUT2D eigenvalue weighted by Crippen LogP contribution is -2.47. The minimum atomic E-state index is -1.10. The van der Waals surface area contributed by atoms with E-state index in [1.165, 1.54) is 4.90 Å². The van der Waals surface area contributed by atoms with Gasteiger partial charge in [0.25, 0.3) is 5.91 Å². The minimum absolute atomic E-state index is 0.204. The van der Waals surface area contributed by atoms with Crippen molar-refractivity contribution in [3.05, 3.63) is 75.8 Å². The first-order valence-electron chi connectivity index (χ1n) is 10.8. The van der Waals surface area contributed by atoms with Crippen LogP contribution in [0.4, 0.5) is 0 Å². The number of aryl methyl sites for hydroxylation is 1. The number of ether oxygens (including phenoxy) is 1. The highest BCUT2D eigenvalue weighted by molar-refractivity contribution is 8.26. The maximum absolute atomic E-state index is 13.3. The molecule has 7 nitrogen and oxygen atoms in total. The highest BCUT2D eigenvalue weighted by Crippen LogP contribution is 2.39. The zero-order chi connectivity index (χ0) is 25.3. The van der Waals surface area contributed by atoms with E-state index < -0.39 is 17.9 Å². The molecule has 180 valence electrons. The molecule has 35 heavy (non-hydrogen) atoms. The van der Waals surface area contributed by atoms with E-state index in [-0.39, 0.29) is 10.2 Å². The number of thioether (sulfide) groups is 1. The Bertz CT molecular complexity index is 1320. The number of halogens is 1. The van der Waals surface area contributed by atoms with Gasteiger partial charge in [-0.3, -0.25) is 9.69 Å². The molecule has 0 unspecified atom stereocenters. The van der Waals surface area contributed by atoms with Crippen LogP contribution in [0.3, 0.4) is 0 Å². The second-order valence-electron chi connectivity index (χ2n) is 8.19. The lowest BCUT2D eigenvalue weighted by Gasteiger charge is -2.26. The molecule has 0 bridgehead atoms. The molecule has 1 saturated heterocycles. The fourth-order valence-corrected chi connectivity index (χ4v) is 5.12. The Morgan fingerprint density at radius 2 is 1.83 bits per heavy atom. The Balaban J connectivity index is 1.80. The van der Waals surface area contributed by atoms with E-state index >= 15 is 0 Å². The third-order valence-corrected chi connectivity index (χ3v) is 6.94. The van der Waals surface area contributed by atoms with Gasteiger partial charge in [-0.1, -0.05) is 67.6 Å². The number of thiocarbonyl (C=S) groups is 1. The van der Waals surface area contributed by atoms with Gasteiger partial charge in [-0.05, 0) is 55.3 Å².